The number of hydrogen-bond donors (Lipinski definition) is 2. The fraction of sp³-hybridized carbons (Fsp3) is 0.882. The summed E-state index contributed by atoms with van der Waals surface area (Å²) >= 11 is 0. The van der Waals surface area contributed by atoms with E-state index in [1.54, 1.807) is 0 Å². The zero-order chi connectivity index (χ0) is 17.9. The number of aryl methyl sites for hydroxylation is 1. The average molecular weight is 353 g/mol. The number of aromatic nitrogens is 4. The van der Waals surface area contributed by atoms with Crippen molar-refractivity contribution in [2.45, 2.75) is 76.6 Å². The van der Waals surface area contributed by atoms with Gasteiger partial charge in [0.25, 0.3) is 0 Å². The molecule has 7 nitrogen and oxygen atoms in total. The molecule has 1 aromatic heterocycles. The molecule has 8 heteroatoms. The van der Waals surface area contributed by atoms with Crippen LogP contribution >= 0.6 is 0 Å². The van der Waals surface area contributed by atoms with E-state index in [0.29, 0.717) is 43.8 Å². The first kappa shape index (κ1) is 18.2. The van der Waals surface area contributed by atoms with Crippen LogP contribution in [0.1, 0.15) is 58.2 Å². The van der Waals surface area contributed by atoms with Crippen LogP contribution in [0.3, 0.4) is 0 Å². The largest absolute Gasteiger partial charge is 0.462 e. The van der Waals surface area contributed by atoms with Gasteiger partial charge in [-0.05, 0) is 63.8 Å². The smallest absolute Gasteiger partial charge is 0.323 e. The first-order valence-electron chi connectivity index (χ1n) is 9.34. The van der Waals surface area contributed by atoms with Crippen molar-refractivity contribution in [2.75, 3.05) is 6.54 Å². The highest BCUT2D eigenvalue weighted by Gasteiger charge is 2.44. The van der Waals surface area contributed by atoms with Crippen LogP contribution in [0.25, 0.3) is 0 Å². The zero-order valence-electron chi connectivity index (χ0n) is 15.0. The lowest BCUT2D eigenvalue weighted by Crippen LogP contribution is -2.52. The number of H-pyrrole nitrogens is 1. The summed E-state index contributed by atoms with van der Waals surface area (Å²) in [6.07, 6.45) is 4.21. The molecule has 3 rings (SSSR count). The first-order valence-corrected chi connectivity index (χ1v) is 9.34. The van der Waals surface area contributed by atoms with Crippen LogP contribution in [0.4, 0.5) is 4.39 Å². The van der Waals surface area contributed by atoms with E-state index < -0.39 is 5.67 Å². The molecule has 1 aromatic rings. The highest BCUT2D eigenvalue weighted by molar-refractivity contribution is 5.76. The van der Waals surface area contributed by atoms with Gasteiger partial charge in [-0.3, -0.25) is 4.79 Å². The number of piperidine rings is 1. The van der Waals surface area contributed by atoms with Crippen molar-refractivity contribution in [3.05, 3.63) is 5.82 Å². The molecule has 0 radical (unpaired) electrons. The van der Waals surface area contributed by atoms with Crippen LogP contribution in [0, 0.1) is 11.8 Å². The van der Waals surface area contributed by atoms with Crippen molar-refractivity contribution < 1.29 is 13.9 Å². The summed E-state index contributed by atoms with van der Waals surface area (Å²) in [5.74, 6) is 1.02. The van der Waals surface area contributed by atoms with Crippen LogP contribution in [0.2, 0.25) is 0 Å². The van der Waals surface area contributed by atoms with Gasteiger partial charge in [0, 0.05) is 6.42 Å². The lowest BCUT2D eigenvalue weighted by molar-refractivity contribution is -0.153. The van der Waals surface area contributed by atoms with Crippen LogP contribution < -0.4 is 5.32 Å². The lowest BCUT2D eigenvalue weighted by Gasteiger charge is -2.44. The third-order valence-electron chi connectivity index (χ3n) is 5.79. The Morgan fingerprint density at radius 2 is 2.32 bits per heavy atom. The van der Waals surface area contributed by atoms with Crippen LogP contribution in [-0.2, 0) is 16.0 Å². The molecule has 2 fully saturated rings. The number of fused-ring (bicyclic) bond motifs is 1. The van der Waals surface area contributed by atoms with Crippen molar-refractivity contribution in [3.8, 4) is 0 Å². The second kappa shape index (κ2) is 7.76. The maximum absolute atomic E-state index is 15.3. The van der Waals surface area contributed by atoms with Crippen molar-refractivity contribution >= 4 is 5.97 Å². The van der Waals surface area contributed by atoms with E-state index in [4.69, 9.17) is 4.74 Å². The van der Waals surface area contributed by atoms with Gasteiger partial charge in [0.1, 0.15) is 11.7 Å². The number of ether oxygens (including phenoxy) is 1. The molecule has 0 amide bonds. The Hall–Kier alpha value is -1.57. The molecule has 1 saturated heterocycles. The van der Waals surface area contributed by atoms with Gasteiger partial charge >= 0.3 is 5.97 Å². The first-order chi connectivity index (χ1) is 12.0. The van der Waals surface area contributed by atoms with Gasteiger partial charge in [-0.2, -0.15) is 5.21 Å². The summed E-state index contributed by atoms with van der Waals surface area (Å²) in [4.78, 5) is 12.3. The molecule has 1 aliphatic carbocycles. The average Bonchev–Trinajstić information content (AvgIpc) is 3.13. The number of carbonyl (C=O) groups is 1. The Labute approximate surface area is 147 Å². The molecule has 1 saturated carbocycles. The van der Waals surface area contributed by atoms with E-state index in [1.165, 1.54) is 0 Å². The predicted octanol–water partition coefficient (Wildman–Crippen LogP) is 1.96. The fourth-order valence-corrected chi connectivity index (χ4v) is 4.04. The minimum atomic E-state index is -1.20. The number of hydrogen-bond acceptors (Lipinski definition) is 6. The Morgan fingerprint density at radius 1 is 1.48 bits per heavy atom. The zero-order valence-corrected chi connectivity index (χ0v) is 15.0. The molecular formula is C17H28FN5O2. The van der Waals surface area contributed by atoms with Gasteiger partial charge in [-0.25, -0.2) is 4.39 Å². The predicted molar refractivity (Wildman–Crippen MR) is 89.4 cm³/mol. The number of carbonyl (C=O) groups excluding carboxylic acids is 1. The molecule has 2 N–H and O–H groups in total. The van der Waals surface area contributed by atoms with E-state index in [9.17, 15) is 4.79 Å². The third kappa shape index (κ3) is 4.54. The summed E-state index contributed by atoms with van der Waals surface area (Å²) in [5, 5.41) is 17.0. The molecule has 25 heavy (non-hydrogen) atoms. The summed E-state index contributed by atoms with van der Waals surface area (Å²) in [6, 6.07) is -0.310. The van der Waals surface area contributed by atoms with Crippen molar-refractivity contribution in [3.63, 3.8) is 0 Å². The van der Waals surface area contributed by atoms with Crippen molar-refractivity contribution in [1.82, 2.24) is 25.9 Å². The quantitative estimate of drug-likeness (QED) is 0.760. The maximum atomic E-state index is 15.3. The Bertz CT molecular complexity index is 569. The molecule has 2 aliphatic rings. The van der Waals surface area contributed by atoms with E-state index in [0.717, 1.165) is 19.4 Å². The van der Waals surface area contributed by atoms with Gasteiger partial charge in [-0.15, -0.1) is 10.2 Å². The lowest BCUT2D eigenvalue weighted by atomic mass is 9.67. The van der Waals surface area contributed by atoms with Gasteiger partial charge in [0.2, 0.25) is 0 Å². The highest BCUT2D eigenvalue weighted by Crippen LogP contribution is 2.44. The Kier molecular flexibility index (Phi) is 5.66. The molecule has 0 unspecified atom stereocenters. The summed E-state index contributed by atoms with van der Waals surface area (Å²) in [7, 11) is 0. The minimum absolute atomic E-state index is 0.0754. The maximum Gasteiger partial charge on any atom is 0.323 e. The Morgan fingerprint density at radius 3 is 3.04 bits per heavy atom. The van der Waals surface area contributed by atoms with Gasteiger partial charge < -0.3 is 10.1 Å². The molecule has 0 spiro atoms. The molecule has 1 aliphatic heterocycles. The third-order valence-corrected chi connectivity index (χ3v) is 5.79. The standard InChI is InChI=1S/C17H28FN5O2/c1-3-11(2)25-16(24)14-8-13-9-17(18,6-4-12(13)10-19-14)7-5-15-20-22-23-21-15/h11-14,19H,3-10H2,1-2H3,(H,20,21,22,23)/t11-,12-,13-,14-,17-/m0/s1. The fourth-order valence-electron chi connectivity index (χ4n) is 4.04. The van der Waals surface area contributed by atoms with Crippen molar-refractivity contribution in [2.24, 2.45) is 11.8 Å². The number of halogens is 1. The van der Waals surface area contributed by atoms with E-state index in [2.05, 4.69) is 25.9 Å². The van der Waals surface area contributed by atoms with E-state index in [-0.39, 0.29) is 24.0 Å². The molecule has 0 aromatic carbocycles. The highest BCUT2D eigenvalue weighted by atomic mass is 19.1. The second-order valence-electron chi connectivity index (χ2n) is 7.59. The monoisotopic (exact) mass is 353 g/mol. The van der Waals surface area contributed by atoms with E-state index >= 15 is 4.39 Å². The van der Waals surface area contributed by atoms with Crippen molar-refractivity contribution in [1.29, 1.82) is 0 Å². The summed E-state index contributed by atoms with van der Waals surface area (Å²) in [5.41, 5.74) is -1.20. The molecule has 5 atom stereocenters. The minimum Gasteiger partial charge on any atom is -0.462 e. The topological polar surface area (TPSA) is 92.8 Å². The molecule has 140 valence electrons. The van der Waals surface area contributed by atoms with Crippen LogP contribution in [0.15, 0.2) is 0 Å². The number of tetrazole rings is 1. The number of aromatic amines is 1. The van der Waals surface area contributed by atoms with Crippen LogP contribution in [-0.4, -0.2) is 51.0 Å². The van der Waals surface area contributed by atoms with E-state index in [1.807, 2.05) is 13.8 Å². The second-order valence-corrected chi connectivity index (χ2v) is 7.59. The molecular weight excluding hydrogens is 325 g/mol. The molecule has 0 bridgehead atoms. The van der Waals surface area contributed by atoms with Gasteiger partial charge in [-0.1, -0.05) is 12.1 Å². The van der Waals surface area contributed by atoms with Gasteiger partial charge in [0.15, 0.2) is 5.82 Å². The number of nitrogens with zero attached hydrogens (tertiary/aromatic N) is 3. The van der Waals surface area contributed by atoms with Crippen LogP contribution in [0.5, 0.6) is 0 Å². The Balaban J connectivity index is 1.55. The number of alkyl halides is 1. The normalized spacial score (nSPS) is 33.5. The summed E-state index contributed by atoms with van der Waals surface area (Å²) in [6.45, 7) is 4.66. The number of esters is 1. The SMILES string of the molecule is CC[C@H](C)OC(=O)[C@@H]1C[C@H]2C[C@@](F)(CCc3nn[nH]n3)CC[C@H]2CN1. The van der Waals surface area contributed by atoms with Gasteiger partial charge in [0.05, 0.1) is 6.10 Å². The number of rotatable bonds is 6. The number of nitrogens with one attached hydrogen (secondary N) is 2. The molecule has 2 heterocycles. The summed E-state index contributed by atoms with van der Waals surface area (Å²) < 4.78 is 20.8.